The average Bonchev–Trinajstić information content (AvgIpc) is 2.70. The van der Waals surface area contributed by atoms with Crippen molar-refractivity contribution in [3.8, 4) is 0 Å². The number of carbonyl (C=O) groups is 1. The summed E-state index contributed by atoms with van der Waals surface area (Å²) in [5.74, 6) is 0.777. The molecule has 7 nitrogen and oxygen atoms in total. The molecule has 0 bridgehead atoms. The maximum atomic E-state index is 12.4. The number of pyridine rings is 1. The van der Waals surface area contributed by atoms with E-state index in [2.05, 4.69) is 14.6 Å². The molecule has 1 aliphatic heterocycles. The van der Waals surface area contributed by atoms with Crippen LogP contribution in [0, 0.1) is 13.8 Å². The van der Waals surface area contributed by atoms with Crippen molar-refractivity contribution in [1.29, 1.82) is 0 Å². The van der Waals surface area contributed by atoms with Crippen LogP contribution in [-0.4, -0.2) is 56.9 Å². The molecule has 1 fully saturated rings. The van der Waals surface area contributed by atoms with E-state index in [-0.39, 0.29) is 23.8 Å². The van der Waals surface area contributed by atoms with Crippen LogP contribution in [0.5, 0.6) is 0 Å². The summed E-state index contributed by atoms with van der Waals surface area (Å²) in [6, 6.07) is 8.66. The quantitative estimate of drug-likeness (QED) is 0.751. The first-order chi connectivity index (χ1) is 13.8. The molecular formula is C20H25ClN4O3S. The summed E-state index contributed by atoms with van der Waals surface area (Å²) < 4.78 is 27.4. The van der Waals surface area contributed by atoms with Gasteiger partial charge in [-0.3, -0.25) is 4.79 Å². The largest absolute Gasteiger partial charge is 0.353 e. The van der Waals surface area contributed by atoms with E-state index in [1.54, 1.807) is 35.4 Å². The zero-order valence-electron chi connectivity index (χ0n) is 16.6. The smallest absolute Gasteiger partial charge is 0.240 e. The van der Waals surface area contributed by atoms with Gasteiger partial charge in [0, 0.05) is 45.3 Å². The van der Waals surface area contributed by atoms with E-state index in [1.165, 1.54) is 0 Å². The third-order valence-electron chi connectivity index (χ3n) is 5.09. The minimum Gasteiger partial charge on any atom is -0.353 e. The lowest BCUT2D eigenvalue weighted by molar-refractivity contribution is -0.131. The first kappa shape index (κ1) is 21.5. The van der Waals surface area contributed by atoms with Crippen molar-refractivity contribution in [2.45, 2.75) is 25.2 Å². The summed E-state index contributed by atoms with van der Waals surface area (Å²) in [7, 11) is -3.62. The minimum atomic E-state index is -3.62. The number of carbonyl (C=O) groups excluding carboxylic acids is 1. The van der Waals surface area contributed by atoms with E-state index in [9.17, 15) is 13.2 Å². The van der Waals surface area contributed by atoms with E-state index in [0.29, 0.717) is 31.2 Å². The lowest BCUT2D eigenvalue weighted by atomic mass is 10.1. The summed E-state index contributed by atoms with van der Waals surface area (Å²) in [4.78, 5) is 20.8. The molecule has 0 aliphatic carbocycles. The topological polar surface area (TPSA) is 82.6 Å². The van der Waals surface area contributed by atoms with Crippen molar-refractivity contribution in [1.82, 2.24) is 14.6 Å². The van der Waals surface area contributed by atoms with E-state index in [4.69, 9.17) is 11.6 Å². The molecule has 1 amide bonds. The number of aromatic nitrogens is 1. The fourth-order valence-electron chi connectivity index (χ4n) is 3.15. The van der Waals surface area contributed by atoms with Crippen LogP contribution in [0.4, 0.5) is 5.82 Å². The minimum absolute atomic E-state index is 0.0588. The number of rotatable bonds is 6. The van der Waals surface area contributed by atoms with Crippen LogP contribution in [-0.2, 0) is 14.8 Å². The highest BCUT2D eigenvalue weighted by molar-refractivity contribution is 7.89. The van der Waals surface area contributed by atoms with Gasteiger partial charge in [0.2, 0.25) is 15.9 Å². The van der Waals surface area contributed by atoms with Gasteiger partial charge in [-0.05, 0) is 49.2 Å². The molecule has 0 atom stereocenters. The van der Waals surface area contributed by atoms with Gasteiger partial charge in [0.05, 0.1) is 9.92 Å². The number of piperazine rings is 1. The highest BCUT2D eigenvalue weighted by atomic mass is 35.5. The second-order valence-electron chi connectivity index (χ2n) is 7.10. The fourth-order valence-corrected chi connectivity index (χ4v) is 4.38. The number of halogens is 1. The Kier molecular flexibility index (Phi) is 6.77. The van der Waals surface area contributed by atoms with Crippen LogP contribution in [0.2, 0.25) is 5.02 Å². The third-order valence-corrected chi connectivity index (χ3v) is 6.77. The van der Waals surface area contributed by atoms with Gasteiger partial charge in [-0.25, -0.2) is 18.1 Å². The van der Waals surface area contributed by atoms with Crippen molar-refractivity contribution in [2.24, 2.45) is 0 Å². The summed E-state index contributed by atoms with van der Waals surface area (Å²) in [6.07, 6.45) is 1.74. The Morgan fingerprint density at radius 1 is 1.10 bits per heavy atom. The number of nitrogens with one attached hydrogen (secondary N) is 1. The van der Waals surface area contributed by atoms with Gasteiger partial charge >= 0.3 is 0 Å². The Morgan fingerprint density at radius 3 is 2.45 bits per heavy atom. The summed E-state index contributed by atoms with van der Waals surface area (Å²) in [6.45, 7) is 6.38. The van der Waals surface area contributed by atoms with Crippen molar-refractivity contribution >= 4 is 33.3 Å². The lowest BCUT2D eigenvalue weighted by Crippen LogP contribution is -2.49. The van der Waals surface area contributed by atoms with Crippen LogP contribution in [0.3, 0.4) is 0 Å². The molecule has 29 heavy (non-hydrogen) atoms. The number of nitrogens with zero attached hydrogens (tertiary/aromatic N) is 3. The molecule has 1 aromatic heterocycles. The predicted molar refractivity (Wildman–Crippen MR) is 114 cm³/mol. The Labute approximate surface area is 176 Å². The van der Waals surface area contributed by atoms with Gasteiger partial charge in [0.15, 0.2) is 0 Å². The van der Waals surface area contributed by atoms with Crippen molar-refractivity contribution in [3.63, 3.8) is 0 Å². The maximum Gasteiger partial charge on any atom is 0.240 e. The molecule has 9 heteroatoms. The Hall–Kier alpha value is -2.16. The molecule has 1 aliphatic rings. The van der Waals surface area contributed by atoms with Crippen molar-refractivity contribution in [2.75, 3.05) is 37.6 Å². The zero-order chi connectivity index (χ0) is 21.0. The van der Waals surface area contributed by atoms with Crippen LogP contribution in [0.25, 0.3) is 0 Å². The molecule has 156 valence electrons. The van der Waals surface area contributed by atoms with Gasteiger partial charge in [-0.15, -0.1) is 0 Å². The summed E-state index contributed by atoms with van der Waals surface area (Å²) in [5, 5.41) is 0.589. The maximum absolute atomic E-state index is 12.4. The van der Waals surface area contributed by atoms with Crippen LogP contribution >= 0.6 is 11.6 Å². The first-order valence-corrected chi connectivity index (χ1v) is 11.3. The van der Waals surface area contributed by atoms with Crippen LogP contribution < -0.4 is 9.62 Å². The lowest BCUT2D eigenvalue weighted by Gasteiger charge is -2.35. The van der Waals surface area contributed by atoms with Gasteiger partial charge < -0.3 is 9.80 Å². The second kappa shape index (κ2) is 9.11. The zero-order valence-corrected chi connectivity index (χ0v) is 18.1. The van der Waals surface area contributed by atoms with E-state index < -0.39 is 10.0 Å². The van der Waals surface area contributed by atoms with E-state index in [1.807, 2.05) is 19.9 Å². The SMILES string of the molecule is Cc1ccc(S(=O)(=O)NCCC(=O)N2CCN(c3ccc(Cl)cn3)CC2)cc1C. The van der Waals surface area contributed by atoms with Gasteiger partial charge in [0.25, 0.3) is 0 Å². The van der Waals surface area contributed by atoms with E-state index in [0.717, 1.165) is 16.9 Å². The number of hydrogen-bond acceptors (Lipinski definition) is 5. The van der Waals surface area contributed by atoms with Crippen molar-refractivity contribution in [3.05, 3.63) is 52.7 Å². The first-order valence-electron chi connectivity index (χ1n) is 9.47. The molecule has 0 unspecified atom stereocenters. The predicted octanol–water partition coefficient (Wildman–Crippen LogP) is 2.37. The van der Waals surface area contributed by atoms with Gasteiger partial charge in [-0.2, -0.15) is 0 Å². The summed E-state index contributed by atoms with van der Waals surface area (Å²) >= 11 is 5.87. The molecule has 3 rings (SSSR count). The molecule has 0 spiro atoms. The van der Waals surface area contributed by atoms with Gasteiger partial charge in [0.1, 0.15) is 5.82 Å². The Balaban J connectivity index is 1.47. The Bertz CT molecular complexity index is 972. The normalized spacial score (nSPS) is 14.9. The molecular weight excluding hydrogens is 412 g/mol. The number of amides is 1. The highest BCUT2D eigenvalue weighted by Crippen LogP contribution is 2.17. The van der Waals surface area contributed by atoms with Crippen LogP contribution in [0.15, 0.2) is 41.4 Å². The molecule has 2 aromatic rings. The van der Waals surface area contributed by atoms with Crippen LogP contribution in [0.1, 0.15) is 17.5 Å². The second-order valence-corrected chi connectivity index (χ2v) is 9.30. The molecule has 0 radical (unpaired) electrons. The fraction of sp³-hybridized carbons (Fsp3) is 0.400. The number of aryl methyl sites for hydroxylation is 2. The summed E-state index contributed by atoms with van der Waals surface area (Å²) in [5.41, 5.74) is 1.95. The average molecular weight is 437 g/mol. The van der Waals surface area contributed by atoms with E-state index >= 15 is 0 Å². The standard InChI is InChI=1S/C20H25ClN4O3S/c1-15-3-5-18(13-16(15)2)29(27,28)23-8-7-20(26)25-11-9-24(10-12-25)19-6-4-17(21)14-22-19/h3-6,13-14,23H,7-12H2,1-2H3. The highest BCUT2D eigenvalue weighted by Gasteiger charge is 2.22. The number of sulfonamides is 1. The molecule has 1 aromatic carbocycles. The Morgan fingerprint density at radius 2 is 1.83 bits per heavy atom. The molecule has 2 heterocycles. The molecule has 1 N–H and O–H groups in total. The van der Waals surface area contributed by atoms with Gasteiger partial charge in [-0.1, -0.05) is 17.7 Å². The number of benzene rings is 1. The van der Waals surface area contributed by atoms with Crippen molar-refractivity contribution < 1.29 is 13.2 Å². The molecule has 1 saturated heterocycles. The molecule has 0 saturated carbocycles. The number of anilines is 1. The third kappa shape index (κ3) is 5.46. The monoisotopic (exact) mass is 436 g/mol. The number of hydrogen-bond donors (Lipinski definition) is 1.